The molecule has 0 aliphatic carbocycles. The normalized spacial score (nSPS) is 14.3. The van der Waals surface area contributed by atoms with E-state index in [1.165, 1.54) is 0 Å². The number of ether oxygens (including phenoxy) is 1. The van der Waals surface area contributed by atoms with Gasteiger partial charge in [-0.3, -0.25) is 14.6 Å². The first-order valence-electron chi connectivity index (χ1n) is 9.67. The molecule has 150 valence electrons. The van der Waals surface area contributed by atoms with Gasteiger partial charge in [0.05, 0.1) is 29.4 Å². The lowest BCUT2D eigenvalue weighted by Crippen LogP contribution is -2.50. The molecular weight excluding hydrogens is 370 g/mol. The molecule has 29 heavy (non-hydrogen) atoms. The second-order valence-electron chi connectivity index (χ2n) is 6.87. The minimum absolute atomic E-state index is 0.0563. The average Bonchev–Trinajstić information content (AvgIpc) is 2.76. The summed E-state index contributed by atoms with van der Waals surface area (Å²) in [5, 5.41) is 0. The molecule has 4 rings (SSSR count). The molecule has 0 bridgehead atoms. The van der Waals surface area contributed by atoms with Crippen LogP contribution in [-0.2, 0) is 7.05 Å². The Morgan fingerprint density at radius 3 is 2.66 bits per heavy atom. The molecular formula is C21H23N5O3. The van der Waals surface area contributed by atoms with Gasteiger partial charge in [-0.1, -0.05) is 12.1 Å². The van der Waals surface area contributed by atoms with Crippen LogP contribution < -0.4 is 15.2 Å². The zero-order valence-corrected chi connectivity index (χ0v) is 16.5. The van der Waals surface area contributed by atoms with E-state index in [9.17, 15) is 9.59 Å². The standard InChI is InChI=1S/C21H23N5O3/c1-3-29-18-7-5-4-6-15(18)20(27)26-12-10-25(11-13-26)19-21(28)24(2)17-14-22-9-8-16(17)23-19/h4-9,14H,3,10-13H2,1-2H3. The minimum Gasteiger partial charge on any atom is -0.493 e. The van der Waals surface area contributed by atoms with Gasteiger partial charge in [0, 0.05) is 39.4 Å². The molecule has 1 aliphatic rings. The fourth-order valence-electron chi connectivity index (χ4n) is 3.58. The monoisotopic (exact) mass is 393 g/mol. The van der Waals surface area contributed by atoms with E-state index in [2.05, 4.69) is 9.97 Å². The molecule has 0 atom stereocenters. The highest BCUT2D eigenvalue weighted by atomic mass is 16.5. The lowest BCUT2D eigenvalue weighted by molar-refractivity contribution is 0.0742. The predicted molar refractivity (Wildman–Crippen MR) is 111 cm³/mol. The van der Waals surface area contributed by atoms with Crippen molar-refractivity contribution in [2.75, 3.05) is 37.7 Å². The molecule has 1 aromatic carbocycles. The van der Waals surface area contributed by atoms with Crippen molar-refractivity contribution in [3.63, 3.8) is 0 Å². The number of para-hydroxylation sites is 1. The predicted octanol–water partition coefficient (Wildman–Crippen LogP) is 1.69. The van der Waals surface area contributed by atoms with Crippen LogP contribution in [0.4, 0.5) is 5.82 Å². The third-order valence-corrected chi connectivity index (χ3v) is 5.15. The number of piperazine rings is 1. The van der Waals surface area contributed by atoms with Crippen molar-refractivity contribution in [2.24, 2.45) is 7.05 Å². The van der Waals surface area contributed by atoms with Gasteiger partial charge in [-0.15, -0.1) is 0 Å². The Morgan fingerprint density at radius 2 is 1.90 bits per heavy atom. The largest absolute Gasteiger partial charge is 0.493 e. The number of nitrogens with zero attached hydrogens (tertiary/aromatic N) is 5. The second kappa shape index (κ2) is 7.90. The molecule has 0 radical (unpaired) electrons. The highest BCUT2D eigenvalue weighted by molar-refractivity contribution is 5.97. The number of hydrogen-bond acceptors (Lipinski definition) is 6. The molecule has 1 aliphatic heterocycles. The summed E-state index contributed by atoms with van der Waals surface area (Å²) < 4.78 is 7.16. The average molecular weight is 393 g/mol. The summed E-state index contributed by atoms with van der Waals surface area (Å²) in [7, 11) is 1.72. The number of hydrogen-bond donors (Lipinski definition) is 0. The maximum atomic E-state index is 13.0. The molecule has 0 N–H and O–H groups in total. The fourth-order valence-corrected chi connectivity index (χ4v) is 3.58. The quantitative estimate of drug-likeness (QED) is 0.671. The second-order valence-corrected chi connectivity index (χ2v) is 6.87. The Hall–Kier alpha value is -3.42. The van der Waals surface area contributed by atoms with Crippen molar-refractivity contribution in [3.8, 4) is 5.75 Å². The molecule has 1 saturated heterocycles. The number of aromatic nitrogens is 3. The van der Waals surface area contributed by atoms with Crippen LogP contribution in [0.3, 0.4) is 0 Å². The molecule has 8 heteroatoms. The third kappa shape index (κ3) is 3.53. The van der Waals surface area contributed by atoms with Crippen LogP contribution in [0.25, 0.3) is 11.0 Å². The summed E-state index contributed by atoms with van der Waals surface area (Å²) in [6.07, 6.45) is 3.30. The third-order valence-electron chi connectivity index (χ3n) is 5.15. The first kappa shape index (κ1) is 18.9. The minimum atomic E-state index is -0.160. The first-order valence-corrected chi connectivity index (χ1v) is 9.67. The molecule has 1 amide bonds. The van der Waals surface area contributed by atoms with Crippen LogP contribution in [-0.4, -0.2) is 58.1 Å². The molecule has 8 nitrogen and oxygen atoms in total. The van der Waals surface area contributed by atoms with Crippen molar-refractivity contribution in [2.45, 2.75) is 6.92 Å². The van der Waals surface area contributed by atoms with Crippen LogP contribution in [0.15, 0.2) is 47.5 Å². The lowest BCUT2D eigenvalue weighted by atomic mass is 10.1. The van der Waals surface area contributed by atoms with Gasteiger partial charge in [-0.25, -0.2) is 4.98 Å². The number of anilines is 1. The van der Waals surface area contributed by atoms with Gasteiger partial charge in [0.1, 0.15) is 5.75 Å². The van der Waals surface area contributed by atoms with Crippen LogP contribution in [0.1, 0.15) is 17.3 Å². The van der Waals surface area contributed by atoms with Gasteiger partial charge in [0.15, 0.2) is 5.82 Å². The zero-order valence-electron chi connectivity index (χ0n) is 16.5. The molecule has 3 aromatic rings. The smallest absolute Gasteiger partial charge is 0.293 e. The molecule has 2 aromatic heterocycles. The molecule has 3 heterocycles. The summed E-state index contributed by atoms with van der Waals surface area (Å²) in [5.74, 6) is 0.952. The highest BCUT2D eigenvalue weighted by Crippen LogP contribution is 2.21. The summed E-state index contributed by atoms with van der Waals surface area (Å²) in [6, 6.07) is 9.08. The number of carbonyl (C=O) groups excluding carboxylic acids is 1. The number of amides is 1. The van der Waals surface area contributed by atoms with Crippen LogP contribution in [0, 0.1) is 0 Å². The Morgan fingerprint density at radius 1 is 1.14 bits per heavy atom. The summed E-state index contributed by atoms with van der Waals surface area (Å²) >= 11 is 0. The van der Waals surface area contributed by atoms with Crippen LogP contribution in [0.2, 0.25) is 0 Å². The van der Waals surface area contributed by atoms with Crippen LogP contribution >= 0.6 is 0 Å². The van der Waals surface area contributed by atoms with E-state index in [1.807, 2.05) is 30.0 Å². The van der Waals surface area contributed by atoms with Gasteiger partial charge in [0.25, 0.3) is 11.5 Å². The van der Waals surface area contributed by atoms with Crippen molar-refractivity contribution >= 4 is 22.8 Å². The number of fused-ring (bicyclic) bond motifs is 1. The van der Waals surface area contributed by atoms with Crippen molar-refractivity contribution < 1.29 is 9.53 Å². The maximum absolute atomic E-state index is 13.0. The fraction of sp³-hybridized carbons (Fsp3) is 0.333. The van der Waals surface area contributed by atoms with Gasteiger partial charge in [-0.05, 0) is 25.1 Å². The maximum Gasteiger partial charge on any atom is 0.293 e. The SMILES string of the molecule is CCOc1ccccc1C(=O)N1CCN(c2nc3ccncc3n(C)c2=O)CC1. The summed E-state index contributed by atoms with van der Waals surface area (Å²) in [5.41, 5.74) is 1.82. The molecule has 0 saturated carbocycles. The Bertz CT molecular complexity index is 1100. The zero-order chi connectivity index (χ0) is 20.4. The Labute approximate surface area is 168 Å². The molecule has 0 spiro atoms. The van der Waals surface area contributed by atoms with Gasteiger partial charge in [-0.2, -0.15) is 0 Å². The van der Waals surface area contributed by atoms with E-state index < -0.39 is 0 Å². The van der Waals surface area contributed by atoms with E-state index in [0.29, 0.717) is 55.4 Å². The lowest BCUT2D eigenvalue weighted by Gasteiger charge is -2.35. The topological polar surface area (TPSA) is 80.6 Å². The number of rotatable bonds is 4. The summed E-state index contributed by atoms with van der Waals surface area (Å²) in [6.45, 7) is 4.51. The van der Waals surface area contributed by atoms with E-state index in [4.69, 9.17) is 4.74 Å². The van der Waals surface area contributed by atoms with E-state index in [-0.39, 0.29) is 11.5 Å². The van der Waals surface area contributed by atoms with Gasteiger partial charge >= 0.3 is 0 Å². The molecule has 0 unspecified atom stereocenters. The molecule has 1 fully saturated rings. The van der Waals surface area contributed by atoms with Crippen molar-refractivity contribution in [1.29, 1.82) is 0 Å². The van der Waals surface area contributed by atoms with Crippen molar-refractivity contribution in [1.82, 2.24) is 19.4 Å². The van der Waals surface area contributed by atoms with Gasteiger partial charge in [0.2, 0.25) is 0 Å². The van der Waals surface area contributed by atoms with Gasteiger partial charge < -0.3 is 19.1 Å². The highest BCUT2D eigenvalue weighted by Gasteiger charge is 2.26. The van der Waals surface area contributed by atoms with E-state index in [0.717, 1.165) is 5.52 Å². The first-order chi connectivity index (χ1) is 14.1. The van der Waals surface area contributed by atoms with E-state index >= 15 is 0 Å². The number of carbonyl (C=O) groups is 1. The van der Waals surface area contributed by atoms with Crippen molar-refractivity contribution in [3.05, 3.63) is 58.6 Å². The number of benzene rings is 1. The van der Waals surface area contributed by atoms with E-state index in [1.54, 1.807) is 41.0 Å². The Balaban J connectivity index is 1.53. The number of pyridine rings is 1. The summed E-state index contributed by atoms with van der Waals surface area (Å²) in [4.78, 5) is 38.1. The Kier molecular flexibility index (Phi) is 5.16. The number of aryl methyl sites for hydroxylation is 1. The van der Waals surface area contributed by atoms with Crippen LogP contribution in [0.5, 0.6) is 5.75 Å².